The molecular weight excluding hydrogens is 471 g/mol. The van der Waals surface area contributed by atoms with Crippen molar-refractivity contribution in [2.24, 2.45) is 20.0 Å². The smallest absolute Gasteiger partial charge is 0.434 e. The largest absolute Gasteiger partial charge is 2.00 e. The third-order valence-corrected chi connectivity index (χ3v) is 3.48. The van der Waals surface area contributed by atoms with Gasteiger partial charge in [0.1, 0.15) is 0 Å². The summed E-state index contributed by atoms with van der Waals surface area (Å²) in [5.74, 6) is 2.48. The molecule has 0 fully saturated rings. The normalized spacial score (nSPS) is 17.0. The predicted octanol–water partition coefficient (Wildman–Crippen LogP) is 2.09. The number of fused-ring (bicyclic) bond motifs is 8. The number of rotatable bonds is 0. The van der Waals surface area contributed by atoms with Gasteiger partial charge in [-0.2, -0.15) is 0 Å². The summed E-state index contributed by atoms with van der Waals surface area (Å²) < 4.78 is 0. The fourth-order valence-electron chi connectivity index (χ4n) is 2.46. The van der Waals surface area contributed by atoms with E-state index < -0.39 is 0 Å². The van der Waals surface area contributed by atoms with E-state index in [0.29, 0.717) is 23.3 Å². The minimum atomic E-state index is 0. The van der Waals surface area contributed by atoms with Gasteiger partial charge in [0.05, 0.1) is 23.1 Å². The number of aromatic nitrogens is 2. The van der Waals surface area contributed by atoms with E-state index in [-0.39, 0.29) is 21.1 Å². The van der Waals surface area contributed by atoms with Crippen molar-refractivity contribution in [3.63, 3.8) is 0 Å². The Morgan fingerprint density at radius 1 is 0.565 bits per heavy atom. The van der Waals surface area contributed by atoms with Gasteiger partial charge >= 0.3 is 21.1 Å². The summed E-state index contributed by atoms with van der Waals surface area (Å²) in [6, 6.07) is 7.50. The van der Waals surface area contributed by atoms with Gasteiger partial charge in [-0.05, 0) is 35.7 Å². The summed E-state index contributed by atoms with van der Waals surface area (Å²) in [6.07, 6.45) is 7.50. The maximum Gasteiger partial charge on any atom is 2.00 e. The molecule has 0 amide bonds. The van der Waals surface area contributed by atoms with Crippen LogP contribution < -0.4 is 9.97 Å². The molecule has 6 nitrogen and oxygen atoms in total. The molecule has 0 atom stereocenters. The van der Waals surface area contributed by atoms with Crippen LogP contribution >= 0.6 is 0 Å². The summed E-state index contributed by atoms with van der Waals surface area (Å²) >= 11 is 0. The Balaban J connectivity index is 0.00000135. The molecule has 0 N–H and O–H groups in total. The first kappa shape index (κ1) is 14.0. The SMILES string of the molecule is C1=CC2=NC1=Nc1ccc([n-]1)C1=NC(=Nc3ccc2[n-]3)C=C1.[Pt+2]. The molecule has 5 heterocycles. The summed E-state index contributed by atoms with van der Waals surface area (Å²) in [5.41, 5.74) is 3.11. The van der Waals surface area contributed by atoms with Gasteiger partial charge in [-0.1, -0.05) is 35.9 Å². The third kappa shape index (κ3) is 2.41. The van der Waals surface area contributed by atoms with E-state index in [4.69, 9.17) is 0 Å². The Morgan fingerprint density at radius 3 is 1.52 bits per heavy atom. The number of hydrogen-bond acceptors (Lipinski definition) is 4. The molecule has 112 valence electrons. The number of allylic oxidation sites excluding steroid dienone is 2. The Hall–Kier alpha value is -2.59. The standard InChI is InChI=1S/C16H8N6.Pt/c1-5-13-17-9(1)10-2-6-14(18-10)22-16-8-4-12(20-16)11-3-7-15(19-11)21-13;/h1-8H;/q-2;+2. The topological polar surface area (TPSA) is 77.6 Å². The Bertz CT molecular complexity index is 900. The molecule has 0 saturated carbocycles. The zero-order valence-electron chi connectivity index (χ0n) is 11.6. The van der Waals surface area contributed by atoms with Crippen molar-refractivity contribution < 1.29 is 21.1 Å². The van der Waals surface area contributed by atoms with Gasteiger partial charge in [0.15, 0.2) is 0 Å². The zero-order chi connectivity index (χ0) is 14.5. The summed E-state index contributed by atoms with van der Waals surface area (Å²) in [7, 11) is 0. The Labute approximate surface area is 145 Å². The molecule has 0 aliphatic carbocycles. The molecule has 0 unspecified atom stereocenters. The summed E-state index contributed by atoms with van der Waals surface area (Å²) in [4.78, 5) is 26.7. The van der Waals surface area contributed by atoms with Gasteiger partial charge < -0.3 is 20.0 Å². The maximum absolute atomic E-state index is 4.47. The average molecular weight is 479 g/mol. The van der Waals surface area contributed by atoms with E-state index in [2.05, 4.69) is 29.9 Å². The average Bonchev–Trinajstić information content (AvgIpc) is 3.24. The van der Waals surface area contributed by atoms with Crippen molar-refractivity contribution in [3.05, 3.63) is 60.0 Å². The van der Waals surface area contributed by atoms with Crippen LogP contribution in [-0.4, -0.2) is 23.1 Å². The van der Waals surface area contributed by atoms with Gasteiger partial charge in [-0.15, -0.1) is 0 Å². The second-order valence-corrected chi connectivity index (χ2v) is 4.98. The molecule has 23 heavy (non-hydrogen) atoms. The number of hydrogen-bond donors (Lipinski definition) is 0. The quantitative estimate of drug-likeness (QED) is 0.581. The van der Waals surface area contributed by atoms with Crippen molar-refractivity contribution >= 4 is 34.7 Å². The molecule has 5 rings (SSSR count). The fraction of sp³-hybridized carbons (Fsp3) is 0. The van der Waals surface area contributed by atoms with Crippen molar-refractivity contribution in [1.29, 1.82) is 0 Å². The summed E-state index contributed by atoms with van der Waals surface area (Å²) in [5, 5.41) is 0. The molecule has 7 heteroatoms. The van der Waals surface area contributed by atoms with Crippen molar-refractivity contribution in [1.82, 2.24) is 9.97 Å². The molecule has 2 aromatic heterocycles. The molecule has 2 aromatic rings. The molecule has 0 radical (unpaired) electrons. The molecule has 8 bridgehead atoms. The van der Waals surface area contributed by atoms with Crippen LogP contribution in [0.2, 0.25) is 0 Å². The molecule has 0 saturated heterocycles. The van der Waals surface area contributed by atoms with E-state index in [0.717, 1.165) is 22.8 Å². The molecular formula is C16H8N6Pt. The minimum absolute atomic E-state index is 0. The van der Waals surface area contributed by atoms with E-state index in [1.54, 1.807) is 0 Å². The van der Waals surface area contributed by atoms with Gasteiger partial charge in [-0.25, -0.2) is 0 Å². The van der Waals surface area contributed by atoms with Gasteiger partial charge in [-0.3, -0.25) is 9.98 Å². The van der Waals surface area contributed by atoms with E-state index >= 15 is 0 Å². The van der Waals surface area contributed by atoms with Crippen LogP contribution in [0.3, 0.4) is 0 Å². The number of nitrogens with zero attached hydrogens (tertiary/aromatic N) is 6. The Kier molecular flexibility index (Phi) is 3.20. The first-order valence-electron chi connectivity index (χ1n) is 6.83. The first-order chi connectivity index (χ1) is 10.8. The second kappa shape index (κ2) is 5.25. The second-order valence-electron chi connectivity index (χ2n) is 4.98. The first-order valence-corrected chi connectivity index (χ1v) is 6.83. The van der Waals surface area contributed by atoms with E-state index in [9.17, 15) is 0 Å². The Morgan fingerprint density at radius 2 is 1.04 bits per heavy atom. The van der Waals surface area contributed by atoms with Crippen LogP contribution in [0.25, 0.3) is 0 Å². The van der Waals surface area contributed by atoms with Crippen molar-refractivity contribution in [2.75, 3.05) is 0 Å². The minimum Gasteiger partial charge on any atom is -0.434 e. The summed E-state index contributed by atoms with van der Waals surface area (Å²) in [6.45, 7) is 0. The van der Waals surface area contributed by atoms with E-state index in [1.807, 2.05) is 48.6 Å². The molecule has 0 aromatic carbocycles. The van der Waals surface area contributed by atoms with Crippen LogP contribution in [0.1, 0.15) is 11.4 Å². The fourth-order valence-corrected chi connectivity index (χ4v) is 2.46. The molecule has 3 aliphatic heterocycles. The molecule has 0 spiro atoms. The van der Waals surface area contributed by atoms with Crippen LogP contribution in [0.4, 0.5) is 11.6 Å². The zero-order valence-corrected chi connectivity index (χ0v) is 13.9. The van der Waals surface area contributed by atoms with Gasteiger partial charge in [0.2, 0.25) is 0 Å². The van der Waals surface area contributed by atoms with Crippen LogP contribution in [0.15, 0.2) is 68.5 Å². The van der Waals surface area contributed by atoms with Crippen molar-refractivity contribution in [2.45, 2.75) is 0 Å². The number of amidine groups is 2. The van der Waals surface area contributed by atoms with Crippen molar-refractivity contribution in [3.8, 4) is 0 Å². The van der Waals surface area contributed by atoms with Crippen LogP contribution in [-0.2, 0) is 21.1 Å². The number of aliphatic imine (C=N–C) groups is 4. The van der Waals surface area contributed by atoms with Crippen LogP contribution in [0.5, 0.6) is 0 Å². The maximum atomic E-state index is 4.47. The van der Waals surface area contributed by atoms with Crippen LogP contribution in [0, 0.1) is 0 Å². The molecule has 3 aliphatic rings. The van der Waals surface area contributed by atoms with Gasteiger partial charge in [0, 0.05) is 0 Å². The predicted molar refractivity (Wildman–Crippen MR) is 85.1 cm³/mol. The van der Waals surface area contributed by atoms with E-state index in [1.165, 1.54) is 0 Å². The van der Waals surface area contributed by atoms with Gasteiger partial charge in [0.25, 0.3) is 0 Å². The monoisotopic (exact) mass is 479 g/mol. The third-order valence-electron chi connectivity index (χ3n) is 3.48.